The quantitative estimate of drug-likeness (QED) is 0.620. The molecule has 0 spiro atoms. The van der Waals surface area contributed by atoms with Crippen LogP contribution in [-0.4, -0.2) is 21.1 Å². The third-order valence-electron chi connectivity index (χ3n) is 0.997. The molecule has 1 aromatic rings. The zero-order chi connectivity index (χ0) is 11.8. The van der Waals surface area contributed by atoms with Gasteiger partial charge in [-0.25, -0.2) is 0 Å². The molecule has 84 valence electrons. The average Bonchev–Trinajstić information content (AvgIpc) is 2.37. The van der Waals surface area contributed by atoms with E-state index in [9.17, 15) is 0 Å². The minimum Gasteiger partial charge on any atom is -0.333 e. The minimum absolute atomic E-state index is 0.612. The van der Waals surface area contributed by atoms with E-state index in [-0.39, 0.29) is 0 Å². The first-order valence-corrected chi connectivity index (χ1v) is 4.80. The Labute approximate surface area is 92.2 Å². The van der Waals surface area contributed by atoms with Crippen LogP contribution in [0.3, 0.4) is 0 Å². The summed E-state index contributed by atoms with van der Waals surface area (Å²) in [6, 6.07) is 9.96. The van der Waals surface area contributed by atoms with Crippen LogP contribution in [0.4, 0.5) is 0 Å². The molecule has 0 heterocycles. The fourth-order valence-electron chi connectivity index (χ4n) is 0.567. The van der Waals surface area contributed by atoms with Crippen molar-refractivity contribution in [2.45, 2.75) is 5.88 Å². The second-order valence-corrected chi connectivity index (χ2v) is 1.89. The van der Waals surface area contributed by atoms with Gasteiger partial charge in [0.1, 0.15) is 0 Å². The molecule has 0 radical (unpaired) electrons. The first-order chi connectivity index (χ1) is 6.93. The van der Waals surface area contributed by atoms with Gasteiger partial charge < -0.3 is 17.2 Å². The van der Waals surface area contributed by atoms with E-state index < -0.39 is 0 Å². The number of rotatable bonds is 1. The van der Waals surface area contributed by atoms with E-state index in [0.29, 0.717) is 5.88 Å². The lowest BCUT2D eigenvalue weighted by atomic mass is 10.2. The van der Waals surface area contributed by atoms with Crippen LogP contribution in [0.5, 0.6) is 0 Å². The van der Waals surface area contributed by atoms with E-state index in [4.69, 9.17) is 11.6 Å². The van der Waals surface area contributed by atoms with Gasteiger partial charge in [-0.3, -0.25) is 0 Å². The van der Waals surface area contributed by atoms with Crippen LogP contribution < -0.4 is 17.2 Å². The van der Waals surface area contributed by atoms with Gasteiger partial charge in [0.25, 0.3) is 0 Å². The molecule has 0 atom stereocenters. The summed E-state index contributed by atoms with van der Waals surface area (Å²) < 4.78 is 0. The monoisotopic (exact) mass is 219 g/mol. The number of halogens is 1. The summed E-state index contributed by atoms with van der Waals surface area (Å²) in [6.07, 6.45) is 0. The Hall–Kier alpha value is -0.610. The molecule has 14 heavy (non-hydrogen) atoms. The molecule has 3 nitrogen and oxygen atoms in total. The first-order valence-electron chi connectivity index (χ1n) is 4.26. The summed E-state index contributed by atoms with van der Waals surface area (Å²) in [6.45, 7) is 0. The number of alkyl halides is 1. The Balaban J connectivity index is -0.000000174. The Morgan fingerprint density at radius 2 is 1.21 bits per heavy atom. The average molecular weight is 220 g/mol. The predicted molar refractivity (Wildman–Crippen MR) is 66.3 cm³/mol. The summed E-state index contributed by atoms with van der Waals surface area (Å²) >= 11 is 5.53. The van der Waals surface area contributed by atoms with Gasteiger partial charge in [0, 0.05) is 5.88 Å². The molecule has 1 aromatic carbocycles. The molecule has 6 N–H and O–H groups in total. The minimum atomic E-state index is 0.612. The van der Waals surface area contributed by atoms with Crippen molar-refractivity contribution in [1.82, 2.24) is 0 Å². The Morgan fingerprint density at radius 1 is 0.857 bits per heavy atom. The van der Waals surface area contributed by atoms with Gasteiger partial charge in [-0.05, 0) is 26.7 Å². The Bertz CT molecular complexity index is 157. The molecule has 0 bridgehead atoms. The smallest absolute Gasteiger partial charge is 0.0474 e. The third kappa shape index (κ3) is 13.9. The van der Waals surface area contributed by atoms with Gasteiger partial charge in [0.15, 0.2) is 0 Å². The maximum atomic E-state index is 5.53. The molecule has 0 unspecified atom stereocenters. The zero-order valence-electron chi connectivity index (χ0n) is 9.20. The van der Waals surface area contributed by atoms with Gasteiger partial charge >= 0.3 is 0 Å². The summed E-state index contributed by atoms with van der Waals surface area (Å²) in [5.74, 6) is 0.612. The van der Waals surface area contributed by atoms with Crippen LogP contribution in [0.25, 0.3) is 0 Å². The molecule has 1 rings (SSSR count). The summed E-state index contributed by atoms with van der Waals surface area (Å²) in [5.41, 5.74) is 14.7. The largest absolute Gasteiger partial charge is 0.333 e. The number of benzene rings is 1. The van der Waals surface area contributed by atoms with Crippen molar-refractivity contribution in [3.05, 3.63) is 35.9 Å². The molecule has 0 aliphatic heterocycles. The van der Waals surface area contributed by atoms with Crippen molar-refractivity contribution in [1.29, 1.82) is 0 Å². The van der Waals surface area contributed by atoms with E-state index in [2.05, 4.69) is 17.2 Å². The van der Waals surface area contributed by atoms with Crippen molar-refractivity contribution < 1.29 is 0 Å². The van der Waals surface area contributed by atoms with Crippen molar-refractivity contribution in [2.24, 2.45) is 17.2 Å². The van der Waals surface area contributed by atoms with E-state index in [1.165, 1.54) is 26.7 Å². The molecule has 4 heteroatoms. The lowest BCUT2D eigenvalue weighted by Gasteiger charge is -1.88. The highest BCUT2D eigenvalue weighted by atomic mass is 35.5. The highest BCUT2D eigenvalue weighted by Crippen LogP contribution is 2.00. The van der Waals surface area contributed by atoms with Crippen LogP contribution in [0, 0.1) is 0 Å². The van der Waals surface area contributed by atoms with Crippen LogP contribution >= 0.6 is 11.6 Å². The predicted octanol–water partition coefficient (Wildman–Crippen LogP) is 1.15. The van der Waals surface area contributed by atoms with Gasteiger partial charge in [-0.15, -0.1) is 11.6 Å². The highest BCUT2D eigenvalue weighted by Gasteiger charge is 1.81. The van der Waals surface area contributed by atoms with Crippen molar-refractivity contribution >= 4 is 11.6 Å². The summed E-state index contributed by atoms with van der Waals surface area (Å²) in [5, 5.41) is 0. The number of nitrogens with two attached hydrogens (primary N) is 3. The van der Waals surface area contributed by atoms with E-state index in [1.807, 2.05) is 30.3 Å². The number of hydrogen-bond acceptors (Lipinski definition) is 3. The van der Waals surface area contributed by atoms with Gasteiger partial charge in [0.2, 0.25) is 0 Å². The third-order valence-corrected chi connectivity index (χ3v) is 1.31. The standard InChI is InChI=1S/C7H7Cl.3CH5N/c8-6-7-4-2-1-3-5-7;3*1-2/h1-5H,6H2;3*2H2,1H3. The molecule has 0 saturated heterocycles. The normalized spacial score (nSPS) is 6.50. The number of hydrogen-bond donors (Lipinski definition) is 3. The van der Waals surface area contributed by atoms with Crippen molar-refractivity contribution in [2.75, 3.05) is 21.1 Å². The second kappa shape index (κ2) is 22.8. The Kier molecular flexibility index (Phi) is 31.1. The van der Waals surface area contributed by atoms with Crippen molar-refractivity contribution in [3.63, 3.8) is 0 Å². The first kappa shape index (κ1) is 19.0. The maximum absolute atomic E-state index is 5.53. The van der Waals surface area contributed by atoms with Crippen LogP contribution in [-0.2, 0) is 5.88 Å². The lowest BCUT2D eigenvalue weighted by molar-refractivity contribution is 1.41. The zero-order valence-corrected chi connectivity index (χ0v) is 9.96. The fourth-order valence-corrected chi connectivity index (χ4v) is 0.745. The van der Waals surface area contributed by atoms with Crippen LogP contribution in [0.1, 0.15) is 5.56 Å². The topological polar surface area (TPSA) is 78.1 Å². The van der Waals surface area contributed by atoms with Crippen molar-refractivity contribution in [3.8, 4) is 0 Å². The van der Waals surface area contributed by atoms with Crippen LogP contribution in [0.2, 0.25) is 0 Å². The van der Waals surface area contributed by atoms with Gasteiger partial charge in [-0.2, -0.15) is 0 Å². The molecule has 0 aliphatic carbocycles. The second-order valence-electron chi connectivity index (χ2n) is 1.62. The molecule has 0 saturated carbocycles. The van der Waals surface area contributed by atoms with Gasteiger partial charge in [-0.1, -0.05) is 30.3 Å². The van der Waals surface area contributed by atoms with Crippen LogP contribution in [0.15, 0.2) is 30.3 Å². The van der Waals surface area contributed by atoms with E-state index in [1.54, 1.807) is 0 Å². The molecular formula is C10H22ClN3. The van der Waals surface area contributed by atoms with E-state index in [0.717, 1.165) is 0 Å². The lowest BCUT2D eigenvalue weighted by Crippen LogP contribution is -1.71. The molecule has 0 aromatic heterocycles. The summed E-state index contributed by atoms with van der Waals surface area (Å²) in [7, 11) is 4.50. The van der Waals surface area contributed by atoms with E-state index >= 15 is 0 Å². The molecule has 0 amide bonds. The summed E-state index contributed by atoms with van der Waals surface area (Å²) in [4.78, 5) is 0. The maximum Gasteiger partial charge on any atom is 0.0474 e. The molecule has 0 fully saturated rings. The molecule has 0 aliphatic rings. The molecular weight excluding hydrogens is 198 g/mol. The fraction of sp³-hybridized carbons (Fsp3) is 0.400. The van der Waals surface area contributed by atoms with Gasteiger partial charge in [0.05, 0.1) is 0 Å². The highest BCUT2D eigenvalue weighted by molar-refractivity contribution is 6.17. The Morgan fingerprint density at radius 3 is 1.43 bits per heavy atom. The SMILES string of the molecule is CN.CN.CN.ClCc1ccccc1.